The number of hydrogen-bond acceptors (Lipinski definition) is 2. The Hall–Kier alpha value is -2.88. The van der Waals surface area contributed by atoms with E-state index in [9.17, 15) is 4.79 Å². The summed E-state index contributed by atoms with van der Waals surface area (Å²) >= 11 is 0. The number of aromatic nitrogens is 2. The molecule has 138 valence electrons. The van der Waals surface area contributed by atoms with Crippen molar-refractivity contribution in [2.45, 2.75) is 38.3 Å². The molecule has 1 atom stereocenters. The molecule has 27 heavy (non-hydrogen) atoms. The Morgan fingerprint density at radius 3 is 2.67 bits per heavy atom. The van der Waals surface area contributed by atoms with Gasteiger partial charge in [0, 0.05) is 37.1 Å². The van der Waals surface area contributed by atoms with Crippen molar-refractivity contribution in [3.05, 3.63) is 78.9 Å². The zero-order valence-electron chi connectivity index (χ0n) is 15.5. The molecule has 3 aromatic rings. The van der Waals surface area contributed by atoms with Crippen molar-refractivity contribution in [3.8, 4) is 11.1 Å². The van der Waals surface area contributed by atoms with Crippen molar-refractivity contribution in [1.82, 2.24) is 14.5 Å². The number of amides is 1. The number of aryl methyl sites for hydroxylation is 1. The van der Waals surface area contributed by atoms with Crippen LogP contribution < -0.4 is 0 Å². The summed E-state index contributed by atoms with van der Waals surface area (Å²) in [7, 11) is 0. The van der Waals surface area contributed by atoms with Crippen molar-refractivity contribution in [2.24, 2.45) is 0 Å². The topological polar surface area (TPSA) is 38.1 Å². The van der Waals surface area contributed by atoms with Gasteiger partial charge in [-0.05, 0) is 42.9 Å². The Morgan fingerprint density at radius 2 is 1.85 bits per heavy atom. The van der Waals surface area contributed by atoms with Crippen molar-refractivity contribution < 1.29 is 4.79 Å². The molecule has 1 aliphatic heterocycles. The third-order valence-corrected chi connectivity index (χ3v) is 5.41. The number of hydrogen-bond donors (Lipinski definition) is 0. The lowest BCUT2D eigenvalue weighted by molar-refractivity contribution is 0.0596. The van der Waals surface area contributed by atoms with E-state index in [1.807, 2.05) is 55.0 Å². The molecule has 1 amide bonds. The molecule has 2 aromatic carbocycles. The number of likely N-dealkylation sites (tertiary alicyclic amines) is 1. The maximum absolute atomic E-state index is 13.5. The molecule has 0 bridgehead atoms. The number of rotatable bonds is 5. The standard InChI is InChI=1S/C23H25N3O/c27-23(22-12-5-4-11-21(22)19-8-2-1-3-9-19)26-15-7-6-10-20(26)13-16-25-17-14-24-18-25/h1-5,8-9,11-12,14,17-18,20H,6-7,10,13,15-16H2/t20-/m0/s1. The van der Waals surface area contributed by atoms with Gasteiger partial charge in [0.1, 0.15) is 0 Å². The van der Waals surface area contributed by atoms with Gasteiger partial charge in [0.2, 0.25) is 0 Å². The molecule has 1 fully saturated rings. The second-order valence-corrected chi connectivity index (χ2v) is 7.15. The summed E-state index contributed by atoms with van der Waals surface area (Å²) in [5, 5.41) is 0. The van der Waals surface area contributed by atoms with E-state index in [4.69, 9.17) is 0 Å². The highest BCUT2D eigenvalue weighted by Gasteiger charge is 2.28. The van der Waals surface area contributed by atoms with Crippen LogP contribution in [0.4, 0.5) is 0 Å². The fourth-order valence-corrected chi connectivity index (χ4v) is 3.98. The summed E-state index contributed by atoms with van der Waals surface area (Å²) in [4.78, 5) is 19.7. The maximum Gasteiger partial charge on any atom is 0.254 e. The average molecular weight is 359 g/mol. The molecule has 0 aliphatic carbocycles. The Morgan fingerprint density at radius 1 is 1.04 bits per heavy atom. The highest BCUT2D eigenvalue weighted by atomic mass is 16.2. The zero-order chi connectivity index (χ0) is 18.5. The zero-order valence-corrected chi connectivity index (χ0v) is 15.5. The van der Waals surface area contributed by atoms with Gasteiger partial charge in [-0.3, -0.25) is 4.79 Å². The molecule has 4 rings (SSSR count). The van der Waals surface area contributed by atoms with Crippen molar-refractivity contribution >= 4 is 5.91 Å². The van der Waals surface area contributed by atoms with Crippen LogP contribution in [0.1, 0.15) is 36.0 Å². The average Bonchev–Trinajstić information content (AvgIpc) is 3.26. The number of imidazole rings is 1. The molecule has 4 nitrogen and oxygen atoms in total. The first-order chi connectivity index (χ1) is 13.3. The Labute approximate surface area is 160 Å². The van der Waals surface area contributed by atoms with Gasteiger partial charge in [0.15, 0.2) is 0 Å². The Kier molecular flexibility index (Phi) is 5.33. The second-order valence-electron chi connectivity index (χ2n) is 7.15. The monoisotopic (exact) mass is 359 g/mol. The molecule has 0 N–H and O–H groups in total. The van der Waals surface area contributed by atoms with Crippen LogP contribution in [-0.2, 0) is 6.54 Å². The highest BCUT2D eigenvalue weighted by molar-refractivity contribution is 6.01. The van der Waals surface area contributed by atoms with E-state index in [0.29, 0.717) is 0 Å². The molecule has 1 aromatic heterocycles. The fourth-order valence-electron chi connectivity index (χ4n) is 3.98. The molecule has 2 heterocycles. The summed E-state index contributed by atoms with van der Waals surface area (Å²) in [5.41, 5.74) is 2.91. The predicted molar refractivity (Wildman–Crippen MR) is 107 cm³/mol. The minimum Gasteiger partial charge on any atom is -0.337 e. The number of piperidine rings is 1. The van der Waals surface area contributed by atoms with Crippen LogP contribution in [-0.4, -0.2) is 32.9 Å². The first-order valence-corrected chi connectivity index (χ1v) is 9.74. The van der Waals surface area contributed by atoms with Crippen LogP contribution >= 0.6 is 0 Å². The Bertz CT molecular complexity index is 874. The van der Waals surface area contributed by atoms with Crippen molar-refractivity contribution in [3.63, 3.8) is 0 Å². The number of carbonyl (C=O) groups is 1. The molecule has 1 saturated heterocycles. The lowest BCUT2D eigenvalue weighted by atomic mass is 9.95. The number of benzene rings is 2. The number of carbonyl (C=O) groups excluding carboxylic acids is 1. The molecular weight excluding hydrogens is 334 g/mol. The fraction of sp³-hybridized carbons (Fsp3) is 0.304. The second kappa shape index (κ2) is 8.21. The molecule has 0 radical (unpaired) electrons. The lowest BCUT2D eigenvalue weighted by Crippen LogP contribution is -2.44. The van der Waals surface area contributed by atoms with Crippen LogP contribution in [0.2, 0.25) is 0 Å². The van der Waals surface area contributed by atoms with E-state index in [0.717, 1.165) is 49.0 Å². The van der Waals surface area contributed by atoms with Gasteiger partial charge in [0.05, 0.1) is 6.33 Å². The maximum atomic E-state index is 13.5. The van der Waals surface area contributed by atoms with E-state index in [1.165, 1.54) is 6.42 Å². The van der Waals surface area contributed by atoms with E-state index in [-0.39, 0.29) is 11.9 Å². The van der Waals surface area contributed by atoms with E-state index < -0.39 is 0 Å². The highest BCUT2D eigenvalue weighted by Crippen LogP contribution is 2.28. The minimum atomic E-state index is 0.157. The van der Waals surface area contributed by atoms with Crippen molar-refractivity contribution in [1.29, 1.82) is 0 Å². The van der Waals surface area contributed by atoms with Crippen LogP contribution in [0.25, 0.3) is 11.1 Å². The molecule has 0 saturated carbocycles. The van der Waals surface area contributed by atoms with Gasteiger partial charge >= 0.3 is 0 Å². The van der Waals surface area contributed by atoms with Gasteiger partial charge in [0.25, 0.3) is 5.91 Å². The van der Waals surface area contributed by atoms with Gasteiger partial charge in [-0.25, -0.2) is 4.98 Å². The quantitative estimate of drug-likeness (QED) is 0.666. The van der Waals surface area contributed by atoms with Gasteiger partial charge < -0.3 is 9.47 Å². The summed E-state index contributed by atoms with van der Waals surface area (Å²) in [5.74, 6) is 0.157. The van der Waals surface area contributed by atoms with Crippen LogP contribution in [0.15, 0.2) is 73.3 Å². The molecule has 0 unspecified atom stereocenters. The smallest absolute Gasteiger partial charge is 0.254 e. The van der Waals surface area contributed by atoms with E-state index in [1.54, 1.807) is 6.20 Å². The SMILES string of the molecule is O=C(c1ccccc1-c1ccccc1)N1CCCC[C@H]1CCn1ccnc1. The molecule has 0 spiro atoms. The molecule has 1 aliphatic rings. The van der Waals surface area contributed by atoms with Gasteiger partial charge in [-0.1, -0.05) is 48.5 Å². The minimum absolute atomic E-state index is 0.157. The molecule has 4 heteroatoms. The summed E-state index contributed by atoms with van der Waals surface area (Å²) in [6.07, 6.45) is 9.96. The van der Waals surface area contributed by atoms with Crippen LogP contribution in [0.3, 0.4) is 0 Å². The van der Waals surface area contributed by atoms with E-state index >= 15 is 0 Å². The predicted octanol–water partition coefficient (Wildman–Crippen LogP) is 4.64. The van der Waals surface area contributed by atoms with Crippen LogP contribution in [0, 0.1) is 0 Å². The summed E-state index contributed by atoms with van der Waals surface area (Å²) in [6.45, 7) is 1.74. The summed E-state index contributed by atoms with van der Waals surface area (Å²) < 4.78 is 2.09. The van der Waals surface area contributed by atoms with E-state index in [2.05, 4.69) is 26.6 Å². The third kappa shape index (κ3) is 3.95. The summed E-state index contributed by atoms with van der Waals surface area (Å²) in [6, 6.07) is 18.5. The van der Waals surface area contributed by atoms with Gasteiger partial charge in [-0.2, -0.15) is 0 Å². The molecular formula is C23H25N3O. The normalized spacial score (nSPS) is 17.0. The van der Waals surface area contributed by atoms with Crippen molar-refractivity contribution in [2.75, 3.05) is 6.54 Å². The Balaban J connectivity index is 1.57. The first-order valence-electron chi connectivity index (χ1n) is 9.74. The van der Waals surface area contributed by atoms with Crippen LogP contribution in [0.5, 0.6) is 0 Å². The lowest BCUT2D eigenvalue weighted by Gasteiger charge is -2.36. The first kappa shape index (κ1) is 17.5. The number of nitrogens with zero attached hydrogens (tertiary/aromatic N) is 3. The third-order valence-electron chi connectivity index (χ3n) is 5.41. The van der Waals surface area contributed by atoms with Gasteiger partial charge in [-0.15, -0.1) is 0 Å². The largest absolute Gasteiger partial charge is 0.337 e.